The van der Waals surface area contributed by atoms with Gasteiger partial charge < -0.3 is 9.80 Å². The van der Waals surface area contributed by atoms with Crippen LogP contribution in [0.3, 0.4) is 0 Å². The number of nitrogens with zero attached hydrogens (tertiary/aromatic N) is 5. The van der Waals surface area contributed by atoms with E-state index >= 15 is 0 Å². The molecule has 7 heteroatoms. The number of carbonyl (C=O) groups is 2. The Balaban J connectivity index is 1.32. The summed E-state index contributed by atoms with van der Waals surface area (Å²) in [7, 11) is 0. The molecule has 1 aromatic carbocycles. The fourth-order valence-corrected chi connectivity index (χ4v) is 4.14. The molecule has 0 bridgehead atoms. The van der Waals surface area contributed by atoms with E-state index in [1.165, 1.54) is 5.56 Å². The maximum Gasteiger partial charge on any atom is 0.257 e. The second-order valence-electron chi connectivity index (χ2n) is 7.97. The highest BCUT2D eigenvalue weighted by molar-refractivity contribution is 5.95. The summed E-state index contributed by atoms with van der Waals surface area (Å²) in [6.45, 7) is 4.25. The van der Waals surface area contributed by atoms with Gasteiger partial charge in [-0.15, -0.1) is 0 Å². The first-order chi connectivity index (χ1) is 15.7. The van der Waals surface area contributed by atoms with Gasteiger partial charge in [-0.05, 0) is 37.0 Å². The Bertz CT molecular complexity index is 1040. The lowest BCUT2D eigenvalue weighted by atomic mass is 10.1. The molecule has 7 nitrogen and oxygen atoms in total. The molecule has 166 valence electrons. The van der Waals surface area contributed by atoms with Crippen molar-refractivity contribution in [2.24, 2.45) is 0 Å². The van der Waals surface area contributed by atoms with Crippen molar-refractivity contribution in [3.63, 3.8) is 0 Å². The number of hydrogen-bond acceptors (Lipinski definition) is 4. The zero-order valence-corrected chi connectivity index (χ0v) is 18.5. The van der Waals surface area contributed by atoms with Crippen molar-refractivity contribution >= 4 is 11.8 Å². The lowest BCUT2D eigenvalue weighted by Gasteiger charge is -2.35. The van der Waals surface area contributed by atoms with Gasteiger partial charge in [0.05, 0.1) is 17.5 Å². The van der Waals surface area contributed by atoms with E-state index in [0.29, 0.717) is 50.4 Å². The van der Waals surface area contributed by atoms with Crippen LogP contribution in [0.2, 0.25) is 0 Å². The van der Waals surface area contributed by atoms with Gasteiger partial charge in [0.15, 0.2) is 5.82 Å². The Morgan fingerprint density at radius 3 is 2.34 bits per heavy atom. The molecule has 1 aliphatic heterocycles. The molecule has 0 unspecified atom stereocenters. The van der Waals surface area contributed by atoms with E-state index in [2.05, 4.69) is 22.2 Å². The molecule has 1 fully saturated rings. The molecule has 32 heavy (non-hydrogen) atoms. The molecule has 3 aromatic rings. The second kappa shape index (κ2) is 10.2. The van der Waals surface area contributed by atoms with E-state index in [1.807, 2.05) is 53.1 Å². The quantitative estimate of drug-likeness (QED) is 0.576. The highest BCUT2D eigenvalue weighted by Gasteiger charge is 2.27. The average molecular weight is 432 g/mol. The summed E-state index contributed by atoms with van der Waals surface area (Å²) in [5.74, 6) is 0.847. The topological polar surface area (TPSA) is 71.3 Å². The summed E-state index contributed by atoms with van der Waals surface area (Å²) < 4.78 is 1.74. The molecular weight excluding hydrogens is 402 g/mol. The molecule has 0 radical (unpaired) electrons. The van der Waals surface area contributed by atoms with Crippen molar-refractivity contribution in [2.45, 2.75) is 32.6 Å². The van der Waals surface area contributed by atoms with E-state index in [4.69, 9.17) is 0 Å². The molecule has 2 aromatic heterocycles. The standard InChI is InChI=1S/C25H29N5O2/c1-2-22-21(19-27-30(22)23-12-6-7-14-26-23)25(32)29-17-15-28(16-18-29)24(31)13-8-11-20-9-4-3-5-10-20/h3-7,9-10,12,14,19H,2,8,11,13,15-18H2,1H3. The molecule has 0 spiro atoms. The molecule has 3 heterocycles. The van der Waals surface area contributed by atoms with Crippen molar-refractivity contribution in [1.82, 2.24) is 24.6 Å². The monoisotopic (exact) mass is 431 g/mol. The molecular formula is C25H29N5O2. The Hall–Kier alpha value is -3.48. The van der Waals surface area contributed by atoms with Gasteiger partial charge in [0.1, 0.15) is 0 Å². The van der Waals surface area contributed by atoms with Crippen LogP contribution < -0.4 is 0 Å². The molecule has 1 saturated heterocycles. The highest BCUT2D eigenvalue weighted by atomic mass is 16.2. The largest absolute Gasteiger partial charge is 0.339 e. The fraction of sp³-hybridized carbons (Fsp3) is 0.360. The normalized spacial score (nSPS) is 13.9. The Morgan fingerprint density at radius 2 is 1.66 bits per heavy atom. The van der Waals surface area contributed by atoms with Gasteiger partial charge in [-0.25, -0.2) is 9.67 Å². The molecule has 2 amide bonds. The van der Waals surface area contributed by atoms with E-state index in [1.54, 1.807) is 17.1 Å². The number of piperazine rings is 1. The number of hydrogen-bond donors (Lipinski definition) is 0. The first kappa shape index (κ1) is 21.7. The third kappa shape index (κ3) is 4.88. The van der Waals surface area contributed by atoms with Crippen molar-refractivity contribution in [3.8, 4) is 5.82 Å². The van der Waals surface area contributed by atoms with Crippen LogP contribution in [-0.2, 0) is 17.6 Å². The summed E-state index contributed by atoms with van der Waals surface area (Å²) in [5, 5.41) is 4.42. The predicted molar refractivity (Wildman–Crippen MR) is 123 cm³/mol. The van der Waals surface area contributed by atoms with Gasteiger partial charge in [0.25, 0.3) is 5.91 Å². The van der Waals surface area contributed by atoms with Gasteiger partial charge in [0.2, 0.25) is 5.91 Å². The van der Waals surface area contributed by atoms with Crippen molar-refractivity contribution < 1.29 is 9.59 Å². The van der Waals surface area contributed by atoms with Crippen LogP contribution in [-0.4, -0.2) is 62.6 Å². The van der Waals surface area contributed by atoms with Crippen LogP contribution in [0.5, 0.6) is 0 Å². The predicted octanol–water partition coefficient (Wildman–Crippen LogP) is 3.14. The van der Waals surface area contributed by atoms with Crippen molar-refractivity contribution in [3.05, 3.63) is 77.7 Å². The molecule has 0 aliphatic carbocycles. The summed E-state index contributed by atoms with van der Waals surface area (Å²) in [6, 6.07) is 15.9. The maximum atomic E-state index is 13.2. The SMILES string of the molecule is CCc1c(C(=O)N2CCN(C(=O)CCCc3ccccc3)CC2)cnn1-c1ccccn1. The third-order valence-electron chi connectivity index (χ3n) is 5.92. The van der Waals surface area contributed by atoms with Crippen LogP contribution in [0.15, 0.2) is 60.9 Å². The summed E-state index contributed by atoms with van der Waals surface area (Å²) in [4.78, 5) is 33.8. The lowest BCUT2D eigenvalue weighted by molar-refractivity contribution is -0.132. The average Bonchev–Trinajstić information content (AvgIpc) is 3.29. The Labute approximate surface area is 188 Å². The lowest BCUT2D eigenvalue weighted by Crippen LogP contribution is -2.50. The Morgan fingerprint density at radius 1 is 0.938 bits per heavy atom. The van der Waals surface area contributed by atoms with E-state index < -0.39 is 0 Å². The van der Waals surface area contributed by atoms with Gasteiger partial charge in [-0.3, -0.25) is 9.59 Å². The van der Waals surface area contributed by atoms with Gasteiger partial charge in [-0.1, -0.05) is 43.3 Å². The maximum absolute atomic E-state index is 13.2. The molecule has 0 saturated carbocycles. The number of aromatic nitrogens is 3. The van der Waals surface area contributed by atoms with Gasteiger partial charge in [0, 0.05) is 38.8 Å². The fourth-order valence-electron chi connectivity index (χ4n) is 4.14. The van der Waals surface area contributed by atoms with E-state index in [9.17, 15) is 9.59 Å². The van der Waals surface area contributed by atoms with Crippen LogP contribution in [0.25, 0.3) is 5.82 Å². The highest BCUT2D eigenvalue weighted by Crippen LogP contribution is 2.18. The van der Waals surface area contributed by atoms with E-state index in [-0.39, 0.29) is 11.8 Å². The minimum absolute atomic E-state index is 0.0276. The summed E-state index contributed by atoms with van der Waals surface area (Å²) in [5.41, 5.74) is 2.72. The first-order valence-electron chi connectivity index (χ1n) is 11.3. The molecule has 0 N–H and O–H groups in total. The third-order valence-corrected chi connectivity index (χ3v) is 5.92. The molecule has 1 aliphatic rings. The van der Waals surface area contributed by atoms with Gasteiger partial charge >= 0.3 is 0 Å². The van der Waals surface area contributed by atoms with Crippen LogP contribution in [0.4, 0.5) is 0 Å². The van der Waals surface area contributed by atoms with Gasteiger partial charge in [-0.2, -0.15) is 5.10 Å². The number of carbonyl (C=O) groups excluding carboxylic acids is 2. The van der Waals surface area contributed by atoms with E-state index in [0.717, 1.165) is 18.5 Å². The van der Waals surface area contributed by atoms with Crippen molar-refractivity contribution in [1.29, 1.82) is 0 Å². The summed E-state index contributed by atoms with van der Waals surface area (Å²) in [6.07, 6.45) is 6.32. The Kier molecular flexibility index (Phi) is 6.94. The summed E-state index contributed by atoms with van der Waals surface area (Å²) >= 11 is 0. The number of rotatable bonds is 7. The first-order valence-corrected chi connectivity index (χ1v) is 11.3. The minimum atomic E-state index is -0.0276. The number of pyridine rings is 1. The molecule has 4 rings (SSSR count). The number of benzene rings is 1. The molecule has 0 atom stereocenters. The second-order valence-corrected chi connectivity index (χ2v) is 7.97. The number of aryl methyl sites for hydroxylation is 1. The number of amides is 2. The smallest absolute Gasteiger partial charge is 0.257 e. The zero-order valence-electron chi connectivity index (χ0n) is 18.5. The zero-order chi connectivity index (χ0) is 22.3. The minimum Gasteiger partial charge on any atom is -0.339 e. The van der Waals surface area contributed by atoms with Crippen molar-refractivity contribution in [2.75, 3.05) is 26.2 Å². The van der Waals surface area contributed by atoms with Crippen LogP contribution >= 0.6 is 0 Å². The van der Waals surface area contributed by atoms with Crippen LogP contribution in [0, 0.1) is 0 Å². The van der Waals surface area contributed by atoms with Crippen LogP contribution in [0.1, 0.15) is 41.4 Å².